The summed E-state index contributed by atoms with van der Waals surface area (Å²) in [6.45, 7) is 8.11. The van der Waals surface area contributed by atoms with Crippen molar-refractivity contribution < 1.29 is 9.53 Å². The quantitative estimate of drug-likeness (QED) is 0.813. The van der Waals surface area contributed by atoms with E-state index in [9.17, 15) is 4.79 Å². The lowest BCUT2D eigenvalue weighted by atomic mass is 9.93. The van der Waals surface area contributed by atoms with Gasteiger partial charge in [0.25, 0.3) is 0 Å². The molecule has 16 heavy (non-hydrogen) atoms. The van der Waals surface area contributed by atoms with Gasteiger partial charge in [-0.2, -0.15) is 0 Å². The van der Waals surface area contributed by atoms with Crippen molar-refractivity contribution in [2.24, 2.45) is 0 Å². The number of Topliss-reactive ketones (excluding diaryl/α,β-unsaturated/α-hetero) is 1. The highest BCUT2D eigenvalue weighted by molar-refractivity contribution is 7.09. The molecule has 0 amide bonds. The Bertz CT molecular complexity index is 365. The van der Waals surface area contributed by atoms with E-state index in [1.807, 2.05) is 5.38 Å². The van der Waals surface area contributed by atoms with Gasteiger partial charge >= 0.3 is 0 Å². The fourth-order valence-electron chi connectivity index (χ4n) is 1.16. The molecule has 0 aliphatic carbocycles. The molecule has 1 unspecified atom stereocenters. The molecule has 1 heterocycles. The molecule has 0 radical (unpaired) electrons. The second kappa shape index (κ2) is 5.06. The first-order valence-electron chi connectivity index (χ1n) is 5.35. The van der Waals surface area contributed by atoms with E-state index in [-0.39, 0.29) is 17.3 Å². The van der Waals surface area contributed by atoms with Crippen molar-refractivity contribution >= 4 is 17.1 Å². The number of carbonyl (C=O) groups excluding carboxylic acids is 1. The molecule has 0 saturated carbocycles. The summed E-state index contributed by atoms with van der Waals surface area (Å²) in [6.07, 6.45) is 0.0254. The Labute approximate surface area is 101 Å². The molecule has 1 aromatic rings. The van der Waals surface area contributed by atoms with Crippen LogP contribution in [-0.4, -0.2) is 24.0 Å². The van der Waals surface area contributed by atoms with E-state index in [1.54, 1.807) is 25.4 Å². The van der Waals surface area contributed by atoms with E-state index < -0.39 is 0 Å². The molecule has 0 saturated heterocycles. The molecule has 4 heteroatoms. The van der Waals surface area contributed by atoms with Gasteiger partial charge in [0.15, 0.2) is 5.78 Å². The van der Waals surface area contributed by atoms with Gasteiger partial charge in [-0.1, -0.05) is 20.8 Å². The van der Waals surface area contributed by atoms with Crippen LogP contribution in [0.3, 0.4) is 0 Å². The van der Waals surface area contributed by atoms with Crippen LogP contribution in [0.25, 0.3) is 0 Å². The molecule has 90 valence electrons. The van der Waals surface area contributed by atoms with E-state index in [0.717, 1.165) is 10.7 Å². The summed E-state index contributed by atoms with van der Waals surface area (Å²) < 4.78 is 4.99. The van der Waals surface area contributed by atoms with Gasteiger partial charge < -0.3 is 4.74 Å². The SMILES string of the molecule is COC(C)C(=O)Cc1nc(C(C)(C)C)cs1. The first-order chi connectivity index (χ1) is 7.34. The van der Waals surface area contributed by atoms with Gasteiger partial charge in [-0.15, -0.1) is 11.3 Å². The van der Waals surface area contributed by atoms with Crippen molar-refractivity contribution in [3.63, 3.8) is 0 Å². The zero-order chi connectivity index (χ0) is 12.3. The summed E-state index contributed by atoms with van der Waals surface area (Å²) in [5.74, 6) is 0.0808. The maximum Gasteiger partial charge on any atom is 0.168 e. The first-order valence-corrected chi connectivity index (χ1v) is 6.23. The van der Waals surface area contributed by atoms with Crippen LogP contribution in [0.15, 0.2) is 5.38 Å². The predicted molar refractivity (Wildman–Crippen MR) is 66.0 cm³/mol. The van der Waals surface area contributed by atoms with Gasteiger partial charge in [-0.25, -0.2) is 4.98 Å². The van der Waals surface area contributed by atoms with Crippen molar-refractivity contribution in [3.05, 3.63) is 16.1 Å². The van der Waals surface area contributed by atoms with Crippen LogP contribution in [0.2, 0.25) is 0 Å². The van der Waals surface area contributed by atoms with Crippen LogP contribution < -0.4 is 0 Å². The molecule has 0 spiro atoms. The molecule has 0 N–H and O–H groups in total. The van der Waals surface area contributed by atoms with Crippen molar-refractivity contribution in [3.8, 4) is 0 Å². The van der Waals surface area contributed by atoms with Crippen LogP contribution >= 0.6 is 11.3 Å². The molecule has 0 aromatic carbocycles. The predicted octanol–water partition coefficient (Wildman–Crippen LogP) is 2.59. The van der Waals surface area contributed by atoms with Crippen LogP contribution in [-0.2, 0) is 21.4 Å². The topological polar surface area (TPSA) is 39.2 Å². The third-order valence-electron chi connectivity index (χ3n) is 2.45. The Balaban J connectivity index is 2.70. The molecule has 3 nitrogen and oxygen atoms in total. The number of methoxy groups -OCH3 is 1. The molecular weight excluding hydrogens is 222 g/mol. The lowest BCUT2D eigenvalue weighted by Gasteiger charge is -2.14. The van der Waals surface area contributed by atoms with Gasteiger partial charge in [0.05, 0.1) is 12.1 Å². The highest BCUT2D eigenvalue weighted by Crippen LogP contribution is 2.24. The van der Waals surface area contributed by atoms with E-state index in [1.165, 1.54) is 0 Å². The second-order valence-corrected chi connectivity index (χ2v) is 5.84. The van der Waals surface area contributed by atoms with E-state index in [0.29, 0.717) is 6.42 Å². The molecule has 0 aliphatic rings. The smallest absolute Gasteiger partial charge is 0.168 e. The first kappa shape index (κ1) is 13.3. The van der Waals surface area contributed by atoms with Crippen molar-refractivity contribution in [2.75, 3.05) is 7.11 Å². The van der Waals surface area contributed by atoms with E-state index in [4.69, 9.17) is 4.74 Å². The number of hydrogen-bond acceptors (Lipinski definition) is 4. The normalized spacial score (nSPS) is 13.8. The number of aromatic nitrogens is 1. The standard InChI is InChI=1S/C12H19NO2S/c1-8(15-5)9(14)6-11-13-10(7-16-11)12(2,3)4/h7-8H,6H2,1-5H3. The third-order valence-corrected chi connectivity index (χ3v) is 3.30. The second-order valence-electron chi connectivity index (χ2n) is 4.90. The van der Waals surface area contributed by atoms with Crippen LogP contribution in [0.4, 0.5) is 0 Å². The monoisotopic (exact) mass is 241 g/mol. The zero-order valence-corrected chi connectivity index (χ0v) is 11.4. The summed E-state index contributed by atoms with van der Waals surface area (Å²) in [6, 6.07) is 0. The summed E-state index contributed by atoms with van der Waals surface area (Å²) in [7, 11) is 1.55. The maximum absolute atomic E-state index is 11.6. The Morgan fingerprint density at radius 1 is 1.56 bits per heavy atom. The summed E-state index contributed by atoms with van der Waals surface area (Å²) in [5, 5.41) is 2.90. The van der Waals surface area contributed by atoms with Gasteiger partial charge in [0, 0.05) is 17.9 Å². The number of carbonyl (C=O) groups is 1. The zero-order valence-electron chi connectivity index (χ0n) is 10.5. The fourth-order valence-corrected chi connectivity index (χ4v) is 2.19. The largest absolute Gasteiger partial charge is 0.374 e. The Morgan fingerprint density at radius 3 is 2.62 bits per heavy atom. The Kier molecular flexibility index (Phi) is 4.21. The number of thiazole rings is 1. The molecule has 1 rings (SSSR count). The summed E-state index contributed by atoms with van der Waals surface area (Å²) in [4.78, 5) is 16.1. The fraction of sp³-hybridized carbons (Fsp3) is 0.667. The Hall–Kier alpha value is -0.740. The highest BCUT2D eigenvalue weighted by Gasteiger charge is 2.19. The van der Waals surface area contributed by atoms with Crippen molar-refractivity contribution in [2.45, 2.75) is 45.6 Å². The number of nitrogens with zero attached hydrogens (tertiary/aromatic N) is 1. The molecule has 0 aliphatic heterocycles. The number of ether oxygens (including phenoxy) is 1. The van der Waals surface area contributed by atoms with Crippen LogP contribution in [0, 0.1) is 0 Å². The van der Waals surface area contributed by atoms with E-state index >= 15 is 0 Å². The number of ketones is 1. The number of rotatable bonds is 4. The lowest BCUT2D eigenvalue weighted by Crippen LogP contribution is -2.21. The van der Waals surface area contributed by atoms with Gasteiger partial charge in [0.1, 0.15) is 11.1 Å². The molecule has 1 atom stereocenters. The maximum atomic E-state index is 11.6. The molecule has 1 aromatic heterocycles. The summed E-state index contributed by atoms with van der Waals surface area (Å²) >= 11 is 1.55. The van der Waals surface area contributed by atoms with Crippen molar-refractivity contribution in [1.29, 1.82) is 0 Å². The average Bonchev–Trinajstić information content (AvgIpc) is 2.64. The Morgan fingerprint density at radius 2 is 2.19 bits per heavy atom. The van der Waals surface area contributed by atoms with Gasteiger partial charge in [0.2, 0.25) is 0 Å². The van der Waals surface area contributed by atoms with E-state index in [2.05, 4.69) is 25.8 Å². The average molecular weight is 241 g/mol. The van der Waals surface area contributed by atoms with Crippen molar-refractivity contribution in [1.82, 2.24) is 4.98 Å². The molecular formula is C12H19NO2S. The van der Waals surface area contributed by atoms with Crippen LogP contribution in [0.1, 0.15) is 38.4 Å². The number of hydrogen-bond donors (Lipinski definition) is 0. The van der Waals surface area contributed by atoms with Gasteiger partial charge in [-0.05, 0) is 6.92 Å². The minimum absolute atomic E-state index is 0.0463. The molecule has 0 fully saturated rings. The summed E-state index contributed by atoms with van der Waals surface area (Å²) in [5.41, 5.74) is 1.09. The minimum Gasteiger partial charge on any atom is -0.374 e. The highest BCUT2D eigenvalue weighted by atomic mass is 32.1. The molecule has 0 bridgehead atoms. The van der Waals surface area contributed by atoms with Gasteiger partial charge in [-0.3, -0.25) is 4.79 Å². The lowest BCUT2D eigenvalue weighted by molar-refractivity contribution is -0.127. The van der Waals surface area contributed by atoms with Crippen LogP contribution in [0.5, 0.6) is 0 Å². The minimum atomic E-state index is -0.345. The third kappa shape index (κ3) is 3.39.